The second-order valence-electron chi connectivity index (χ2n) is 5.95. The van der Waals surface area contributed by atoms with Gasteiger partial charge in [0.15, 0.2) is 0 Å². The lowest BCUT2D eigenvalue weighted by Crippen LogP contribution is -2.31. The van der Waals surface area contributed by atoms with Crippen LogP contribution >= 0.6 is 11.3 Å². The fourth-order valence-electron chi connectivity index (χ4n) is 3.27. The topological polar surface area (TPSA) is 91.2 Å². The molecule has 1 aliphatic heterocycles. The van der Waals surface area contributed by atoms with Crippen LogP contribution in [0.1, 0.15) is 45.4 Å². The highest BCUT2D eigenvalue weighted by atomic mass is 32.1. The second kappa shape index (κ2) is 5.48. The van der Waals surface area contributed by atoms with Gasteiger partial charge in [0.1, 0.15) is 5.69 Å². The standard InChI is InChI=1S/C16H16N4O3S/c1-19-6-4-10(18-19)12-3-2-5-20(12)15(21)11-7-13-14(17-11)9(8-24-13)16(22)23/h4,6-8,12,17H,2-3,5H2,1H3,(H,22,23). The summed E-state index contributed by atoms with van der Waals surface area (Å²) in [5.41, 5.74) is 2.05. The molecule has 3 aromatic heterocycles. The number of aromatic amines is 1. The van der Waals surface area contributed by atoms with Crippen molar-refractivity contribution in [1.29, 1.82) is 0 Å². The van der Waals surface area contributed by atoms with E-state index in [0.717, 1.165) is 23.2 Å². The minimum atomic E-state index is -0.991. The number of rotatable bonds is 3. The van der Waals surface area contributed by atoms with Gasteiger partial charge in [0, 0.05) is 25.2 Å². The average molecular weight is 344 g/mol. The van der Waals surface area contributed by atoms with E-state index in [9.17, 15) is 14.7 Å². The fraction of sp³-hybridized carbons (Fsp3) is 0.312. The van der Waals surface area contributed by atoms with Crippen molar-refractivity contribution < 1.29 is 14.7 Å². The van der Waals surface area contributed by atoms with Gasteiger partial charge < -0.3 is 15.0 Å². The predicted octanol–water partition coefficient (Wildman–Crippen LogP) is 2.64. The van der Waals surface area contributed by atoms with Gasteiger partial charge in [-0.2, -0.15) is 5.10 Å². The van der Waals surface area contributed by atoms with Crippen molar-refractivity contribution in [2.24, 2.45) is 7.05 Å². The Hall–Kier alpha value is -2.61. The normalized spacial score (nSPS) is 17.7. The minimum Gasteiger partial charge on any atom is -0.478 e. The summed E-state index contributed by atoms with van der Waals surface area (Å²) in [5.74, 6) is -1.10. The third-order valence-corrected chi connectivity index (χ3v) is 5.33. The summed E-state index contributed by atoms with van der Waals surface area (Å²) in [6.45, 7) is 0.679. The Balaban J connectivity index is 1.66. The van der Waals surface area contributed by atoms with Crippen LogP contribution in [0.4, 0.5) is 0 Å². The Morgan fingerprint density at radius 3 is 3.00 bits per heavy atom. The average Bonchev–Trinajstić information content (AvgIpc) is 3.28. The van der Waals surface area contributed by atoms with Crippen molar-refractivity contribution >= 4 is 33.4 Å². The molecule has 4 rings (SSSR count). The van der Waals surface area contributed by atoms with Crippen LogP contribution in [-0.2, 0) is 7.05 Å². The maximum atomic E-state index is 12.9. The first-order chi connectivity index (χ1) is 11.5. The number of nitrogens with zero attached hydrogens (tertiary/aromatic N) is 3. The molecule has 124 valence electrons. The van der Waals surface area contributed by atoms with Gasteiger partial charge in [-0.3, -0.25) is 9.48 Å². The number of nitrogens with one attached hydrogen (secondary N) is 1. The molecule has 24 heavy (non-hydrogen) atoms. The highest BCUT2D eigenvalue weighted by Crippen LogP contribution is 2.33. The number of aromatic carboxylic acids is 1. The minimum absolute atomic E-state index is 0.0287. The number of carboxylic acid groups (broad SMARTS) is 1. The molecule has 1 fully saturated rings. The van der Waals surface area contributed by atoms with Gasteiger partial charge in [-0.15, -0.1) is 11.3 Å². The molecule has 3 aromatic rings. The highest BCUT2D eigenvalue weighted by Gasteiger charge is 2.33. The van der Waals surface area contributed by atoms with Crippen LogP contribution < -0.4 is 0 Å². The predicted molar refractivity (Wildman–Crippen MR) is 89.4 cm³/mol. The van der Waals surface area contributed by atoms with Crippen LogP contribution in [0.2, 0.25) is 0 Å². The van der Waals surface area contributed by atoms with Gasteiger partial charge in [-0.05, 0) is 25.0 Å². The summed E-state index contributed by atoms with van der Waals surface area (Å²) in [6, 6.07) is 3.65. The second-order valence-corrected chi connectivity index (χ2v) is 6.86. The quantitative estimate of drug-likeness (QED) is 0.764. The molecule has 1 saturated heterocycles. The molecule has 0 saturated carbocycles. The van der Waals surface area contributed by atoms with Gasteiger partial charge in [-0.1, -0.05) is 0 Å². The van der Waals surface area contributed by atoms with E-state index in [1.165, 1.54) is 11.3 Å². The van der Waals surface area contributed by atoms with Crippen LogP contribution in [0.15, 0.2) is 23.7 Å². The number of carbonyl (C=O) groups is 2. The Kier molecular flexibility index (Phi) is 3.42. The number of H-pyrrole nitrogens is 1. The van der Waals surface area contributed by atoms with Crippen molar-refractivity contribution in [3.8, 4) is 0 Å². The molecule has 8 heteroatoms. The zero-order valence-corrected chi connectivity index (χ0v) is 13.8. The lowest BCUT2D eigenvalue weighted by atomic mass is 10.1. The summed E-state index contributed by atoms with van der Waals surface area (Å²) >= 11 is 1.33. The van der Waals surface area contributed by atoms with Crippen LogP contribution in [0.3, 0.4) is 0 Å². The van der Waals surface area contributed by atoms with Crippen molar-refractivity contribution in [3.05, 3.63) is 40.7 Å². The summed E-state index contributed by atoms with van der Waals surface area (Å²) in [4.78, 5) is 28.9. The Labute approximate surface area is 141 Å². The molecular formula is C16H16N4O3S. The zero-order valence-electron chi connectivity index (χ0n) is 13.0. The molecule has 0 radical (unpaired) electrons. The number of thiophene rings is 1. The molecule has 0 bridgehead atoms. The summed E-state index contributed by atoms with van der Waals surface area (Å²) < 4.78 is 2.52. The number of hydrogen-bond donors (Lipinski definition) is 2. The summed E-state index contributed by atoms with van der Waals surface area (Å²) in [6.07, 6.45) is 3.70. The van der Waals surface area contributed by atoms with E-state index in [4.69, 9.17) is 0 Å². The summed E-state index contributed by atoms with van der Waals surface area (Å²) in [5, 5.41) is 15.2. The van der Waals surface area contributed by atoms with E-state index >= 15 is 0 Å². The van der Waals surface area contributed by atoms with Crippen LogP contribution in [-0.4, -0.2) is 43.2 Å². The monoisotopic (exact) mass is 344 g/mol. The fourth-order valence-corrected chi connectivity index (χ4v) is 4.19. The smallest absolute Gasteiger partial charge is 0.338 e. The van der Waals surface area contributed by atoms with Crippen molar-refractivity contribution in [2.75, 3.05) is 6.54 Å². The van der Waals surface area contributed by atoms with Gasteiger partial charge in [0.2, 0.25) is 0 Å². The molecule has 1 unspecified atom stereocenters. The lowest BCUT2D eigenvalue weighted by molar-refractivity contribution is 0.0695. The van der Waals surface area contributed by atoms with Gasteiger partial charge in [0.25, 0.3) is 5.91 Å². The van der Waals surface area contributed by atoms with Crippen LogP contribution in [0.25, 0.3) is 10.2 Å². The number of amides is 1. The molecule has 2 N–H and O–H groups in total. The zero-order chi connectivity index (χ0) is 16.8. The van der Waals surface area contributed by atoms with Crippen LogP contribution in [0, 0.1) is 0 Å². The van der Waals surface area contributed by atoms with Gasteiger partial charge in [0.05, 0.1) is 27.5 Å². The van der Waals surface area contributed by atoms with E-state index in [0.29, 0.717) is 17.8 Å². The van der Waals surface area contributed by atoms with Crippen molar-refractivity contribution in [2.45, 2.75) is 18.9 Å². The molecule has 1 amide bonds. The number of aromatic nitrogens is 3. The molecule has 0 aromatic carbocycles. The number of carboxylic acids is 1. The molecule has 7 nitrogen and oxygen atoms in total. The van der Waals surface area contributed by atoms with E-state index in [1.54, 1.807) is 16.1 Å². The first-order valence-electron chi connectivity index (χ1n) is 7.68. The van der Waals surface area contributed by atoms with E-state index in [-0.39, 0.29) is 17.5 Å². The van der Waals surface area contributed by atoms with Gasteiger partial charge >= 0.3 is 5.97 Å². The lowest BCUT2D eigenvalue weighted by Gasteiger charge is -2.22. The highest BCUT2D eigenvalue weighted by molar-refractivity contribution is 7.17. The first-order valence-corrected chi connectivity index (χ1v) is 8.56. The number of likely N-dealkylation sites (tertiary alicyclic amines) is 1. The van der Waals surface area contributed by atoms with E-state index in [2.05, 4.69) is 10.1 Å². The summed E-state index contributed by atoms with van der Waals surface area (Å²) in [7, 11) is 1.86. The molecule has 1 atom stereocenters. The first kappa shape index (κ1) is 14.9. The van der Waals surface area contributed by atoms with Crippen molar-refractivity contribution in [1.82, 2.24) is 19.7 Å². The third-order valence-electron chi connectivity index (χ3n) is 4.40. The number of hydrogen-bond acceptors (Lipinski definition) is 4. The maximum Gasteiger partial charge on any atom is 0.338 e. The van der Waals surface area contributed by atoms with E-state index < -0.39 is 5.97 Å². The Morgan fingerprint density at radius 1 is 1.46 bits per heavy atom. The van der Waals surface area contributed by atoms with Crippen LogP contribution in [0.5, 0.6) is 0 Å². The largest absolute Gasteiger partial charge is 0.478 e. The molecule has 0 spiro atoms. The third kappa shape index (κ3) is 2.30. The number of carbonyl (C=O) groups excluding carboxylic acids is 1. The van der Waals surface area contributed by atoms with Crippen molar-refractivity contribution in [3.63, 3.8) is 0 Å². The molecule has 1 aliphatic rings. The number of aryl methyl sites for hydroxylation is 1. The molecule has 0 aliphatic carbocycles. The van der Waals surface area contributed by atoms with Gasteiger partial charge in [-0.25, -0.2) is 4.79 Å². The SMILES string of the molecule is Cn1ccc(C2CCCN2C(=O)c2cc3scc(C(=O)O)c3[nH]2)n1. The number of fused-ring (bicyclic) bond motifs is 1. The molecular weight excluding hydrogens is 328 g/mol. The Morgan fingerprint density at radius 2 is 2.29 bits per heavy atom. The maximum absolute atomic E-state index is 12.9. The van der Waals surface area contributed by atoms with E-state index in [1.807, 2.05) is 24.2 Å². The Bertz CT molecular complexity index is 938. The molecule has 4 heterocycles.